The summed E-state index contributed by atoms with van der Waals surface area (Å²) in [4.78, 5) is 14.2. The van der Waals surface area contributed by atoms with Gasteiger partial charge in [-0.2, -0.15) is 8.78 Å². The van der Waals surface area contributed by atoms with Gasteiger partial charge in [0, 0.05) is 13.6 Å². The smallest absolute Gasteiger partial charge is 0.387 e. The maximum atomic E-state index is 12.8. The molecule has 9 heteroatoms. The van der Waals surface area contributed by atoms with Gasteiger partial charge in [-0.1, -0.05) is 18.2 Å². The van der Waals surface area contributed by atoms with Gasteiger partial charge in [0.05, 0.1) is 13.7 Å². The van der Waals surface area contributed by atoms with Crippen LogP contribution < -0.4 is 18.9 Å². The zero-order valence-corrected chi connectivity index (χ0v) is 18.5. The topological polar surface area (TPSA) is 70.4 Å². The second-order valence-corrected chi connectivity index (χ2v) is 6.96. The van der Waals surface area contributed by atoms with E-state index in [2.05, 4.69) is 4.74 Å². The molecule has 0 fully saturated rings. The molecular formula is C24H25F2NO6. The molecule has 33 heavy (non-hydrogen) atoms. The molecule has 1 aromatic heterocycles. The molecule has 176 valence electrons. The van der Waals surface area contributed by atoms with Crippen LogP contribution in [0.4, 0.5) is 8.78 Å². The van der Waals surface area contributed by atoms with Gasteiger partial charge in [-0.25, -0.2) is 0 Å². The van der Waals surface area contributed by atoms with Gasteiger partial charge in [-0.15, -0.1) is 0 Å². The van der Waals surface area contributed by atoms with Crippen molar-refractivity contribution >= 4 is 5.91 Å². The lowest BCUT2D eigenvalue weighted by molar-refractivity contribution is -0.0514. The van der Waals surface area contributed by atoms with Crippen molar-refractivity contribution < 1.29 is 36.9 Å². The van der Waals surface area contributed by atoms with Crippen molar-refractivity contribution in [3.8, 4) is 23.0 Å². The molecule has 3 rings (SSSR count). The highest BCUT2D eigenvalue weighted by Crippen LogP contribution is 2.30. The predicted molar refractivity (Wildman–Crippen MR) is 116 cm³/mol. The minimum absolute atomic E-state index is 0.0599. The Kier molecular flexibility index (Phi) is 8.12. The van der Waals surface area contributed by atoms with Gasteiger partial charge in [0.15, 0.2) is 28.8 Å². The molecular weight excluding hydrogens is 436 g/mol. The second kappa shape index (κ2) is 11.2. The third kappa shape index (κ3) is 6.38. The number of halogens is 2. The van der Waals surface area contributed by atoms with E-state index < -0.39 is 6.61 Å². The summed E-state index contributed by atoms with van der Waals surface area (Å²) < 4.78 is 51.6. The number of methoxy groups -OCH3 is 1. The number of furan rings is 1. The number of rotatable bonds is 11. The van der Waals surface area contributed by atoms with Crippen molar-refractivity contribution in [3.63, 3.8) is 0 Å². The van der Waals surface area contributed by atoms with E-state index in [1.807, 2.05) is 12.1 Å². The van der Waals surface area contributed by atoms with Crippen LogP contribution in [-0.2, 0) is 13.2 Å². The van der Waals surface area contributed by atoms with Crippen LogP contribution in [0.5, 0.6) is 23.0 Å². The lowest BCUT2D eigenvalue weighted by Crippen LogP contribution is -2.25. The molecule has 0 bridgehead atoms. The zero-order chi connectivity index (χ0) is 23.8. The highest BCUT2D eigenvalue weighted by atomic mass is 19.3. The molecule has 7 nitrogen and oxygen atoms in total. The lowest BCUT2D eigenvalue weighted by atomic mass is 10.2. The Hall–Kier alpha value is -3.75. The largest absolute Gasteiger partial charge is 0.493 e. The Bertz CT molecular complexity index is 1070. The first-order valence-corrected chi connectivity index (χ1v) is 10.2. The van der Waals surface area contributed by atoms with Crippen LogP contribution in [0.1, 0.15) is 28.8 Å². The number of alkyl halides is 2. The minimum atomic E-state index is -2.96. The van der Waals surface area contributed by atoms with Crippen LogP contribution >= 0.6 is 0 Å². The van der Waals surface area contributed by atoms with Crippen LogP contribution in [0.2, 0.25) is 0 Å². The van der Waals surface area contributed by atoms with E-state index in [0.717, 1.165) is 0 Å². The number of benzene rings is 2. The fraction of sp³-hybridized carbons (Fsp3) is 0.292. The van der Waals surface area contributed by atoms with Gasteiger partial charge >= 0.3 is 6.61 Å². The van der Waals surface area contributed by atoms with Gasteiger partial charge in [0.1, 0.15) is 12.4 Å². The average molecular weight is 461 g/mol. The van der Waals surface area contributed by atoms with Crippen molar-refractivity contribution in [1.82, 2.24) is 4.90 Å². The first-order chi connectivity index (χ1) is 15.9. The van der Waals surface area contributed by atoms with Crippen molar-refractivity contribution in [2.24, 2.45) is 0 Å². The number of carbonyl (C=O) groups is 1. The molecule has 0 spiro atoms. The zero-order valence-electron chi connectivity index (χ0n) is 18.5. The number of hydrogen-bond donors (Lipinski definition) is 0. The molecule has 1 heterocycles. The molecule has 2 aromatic carbocycles. The number of para-hydroxylation sites is 2. The van der Waals surface area contributed by atoms with Crippen LogP contribution in [-0.4, -0.2) is 38.2 Å². The number of amides is 1. The van der Waals surface area contributed by atoms with Crippen LogP contribution in [0, 0.1) is 0 Å². The van der Waals surface area contributed by atoms with Crippen LogP contribution in [0.15, 0.2) is 59.0 Å². The quantitative estimate of drug-likeness (QED) is 0.394. The van der Waals surface area contributed by atoms with E-state index in [9.17, 15) is 13.6 Å². The minimum Gasteiger partial charge on any atom is -0.493 e. The molecule has 3 aromatic rings. The first-order valence-electron chi connectivity index (χ1n) is 10.2. The van der Waals surface area contributed by atoms with Gasteiger partial charge < -0.3 is 28.3 Å². The van der Waals surface area contributed by atoms with Crippen molar-refractivity contribution in [3.05, 3.63) is 71.7 Å². The normalized spacial score (nSPS) is 10.7. The number of carbonyl (C=O) groups excluding carboxylic acids is 1. The molecule has 0 saturated heterocycles. The average Bonchev–Trinajstić information content (AvgIpc) is 3.28. The summed E-state index contributed by atoms with van der Waals surface area (Å²) in [6.45, 7) is -0.605. The van der Waals surface area contributed by atoms with Crippen LogP contribution in [0.3, 0.4) is 0 Å². The van der Waals surface area contributed by atoms with E-state index in [0.29, 0.717) is 22.8 Å². The molecule has 0 aliphatic rings. The summed E-state index contributed by atoms with van der Waals surface area (Å²) in [5.74, 6) is 1.57. The molecule has 0 unspecified atom stereocenters. The summed E-state index contributed by atoms with van der Waals surface area (Å²) in [5.41, 5.74) is 0.683. The van der Waals surface area contributed by atoms with Crippen molar-refractivity contribution in [2.45, 2.75) is 26.7 Å². The van der Waals surface area contributed by atoms with Crippen LogP contribution in [0.25, 0.3) is 0 Å². The Balaban J connectivity index is 1.63. The number of hydrogen-bond acceptors (Lipinski definition) is 6. The van der Waals surface area contributed by atoms with E-state index in [1.165, 1.54) is 11.0 Å². The van der Waals surface area contributed by atoms with E-state index >= 15 is 0 Å². The maximum Gasteiger partial charge on any atom is 0.387 e. The summed E-state index contributed by atoms with van der Waals surface area (Å²) in [7, 11) is 3.16. The maximum absolute atomic E-state index is 12.8. The van der Waals surface area contributed by atoms with Crippen molar-refractivity contribution in [1.29, 1.82) is 0 Å². The Labute approximate surface area is 190 Å². The molecule has 1 amide bonds. The molecule has 0 saturated carbocycles. The van der Waals surface area contributed by atoms with Gasteiger partial charge in [-0.05, 0) is 48.9 Å². The Morgan fingerprint density at radius 3 is 2.45 bits per heavy atom. The monoisotopic (exact) mass is 461 g/mol. The molecule has 0 radical (unpaired) electrons. The van der Waals surface area contributed by atoms with E-state index in [1.54, 1.807) is 57.5 Å². The summed E-state index contributed by atoms with van der Waals surface area (Å²) in [5, 5.41) is 0. The van der Waals surface area contributed by atoms with E-state index in [4.69, 9.17) is 18.6 Å². The second-order valence-electron chi connectivity index (χ2n) is 6.96. The van der Waals surface area contributed by atoms with Gasteiger partial charge in [0.25, 0.3) is 5.91 Å². The third-order valence-electron chi connectivity index (χ3n) is 4.60. The SMILES string of the molecule is CCOc1cc(CN(C)C(=O)c2ccc(COc3ccccc3OC)o2)ccc1OC(F)F. The highest BCUT2D eigenvalue weighted by molar-refractivity contribution is 5.91. The molecule has 0 atom stereocenters. The third-order valence-corrected chi connectivity index (χ3v) is 4.60. The van der Waals surface area contributed by atoms with Crippen molar-refractivity contribution in [2.75, 3.05) is 20.8 Å². The lowest BCUT2D eigenvalue weighted by Gasteiger charge is -2.18. The highest BCUT2D eigenvalue weighted by Gasteiger charge is 2.18. The Morgan fingerprint density at radius 2 is 1.76 bits per heavy atom. The van der Waals surface area contributed by atoms with Gasteiger partial charge in [-0.3, -0.25) is 4.79 Å². The summed E-state index contributed by atoms with van der Waals surface area (Å²) >= 11 is 0. The number of nitrogens with zero attached hydrogens (tertiary/aromatic N) is 1. The van der Waals surface area contributed by atoms with E-state index in [-0.39, 0.29) is 42.9 Å². The van der Waals surface area contributed by atoms with Gasteiger partial charge in [0.2, 0.25) is 0 Å². The Morgan fingerprint density at radius 1 is 1.00 bits per heavy atom. The molecule has 0 aliphatic heterocycles. The fourth-order valence-electron chi connectivity index (χ4n) is 3.10. The summed E-state index contributed by atoms with van der Waals surface area (Å²) in [6.07, 6.45) is 0. The molecule has 0 aliphatic carbocycles. The first kappa shape index (κ1) is 23.9. The fourth-order valence-corrected chi connectivity index (χ4v) is 3.10. The number of ether oxygens (including phenoxy) is 4. The molecule has 0 N–H and O–H groups in total. The predicted octanol–water partition coefficient (Wildman–Crippen LogP) is 5.14. The summed E-state index contributed by atoms with van der Waals surface area (Å²) in [6, 6.07) is 15.0. The standard InChI is InChI=1S/C24H25F2NO6/c1-4-30-22-13-16(9-11-20(22)33-24(25)26)14-27(2)23(28)21-12-10-17(32-21)15-31-19-8-6-5-7-18(19)29-3/h5-13,24H,4,14-15H2,1-3H3.